The zero-order valence-corrected chi connectivity index (χ0v) is 13.8. The van der Waals surface area contributed by atoms with Crippen molar-refractivity contribution >= 4 is 11.8 Å². The van der Waals surface area contributed by atoms with Crippen LogP contribution in [0.2, 0.25) is 0 Å². The summed E-state index contributed by atoms with van der Waals surface area (Å²) in [7, 11) is 0. The first-order valence-corrected chi connectivity index (χ1v) is 8.43. The molecule has 1 aromatic rings. The fourth-order valence-electron chi connectivity index (χ4n) is 3.59. The summed E-state index contributed by atoms with van der Waals surface area (Å²) < 4.78 is 27.3. The molecule has 0 N–H and O–H groups in total. The molecule has 0 spiro atoms. The van der Waals surface area contributed by atoms with Gasteiger partial charge in [-0.15, -0.1) is 0 Å². The van der Waals surface area contributed by atoms with E-state index in [9.17, 15) is 18.4 Å². The molecular formula is C18H22F2N2O2. The molecule has 3 rings (SSSR count). The maximum absolute atomic E-state index is 13.7. The molecular weight excluding hydrogens is 314 g/mol. The number of halogens is 2. The zero-order chi connectivity index (χ0) is 17.3. The van der Waals surface area contributed by atoms with E-state index < -0.39 is 11.6 Å². The number of rotatable bonds is 3. The first kappa shape index (κ1) is 16.9. The maximum atomic E-state index is 13.7. The normalized spacial score (nSPS) is 19.3. The van der Waals surface area contributed by atoms with Crippen LogP contribution in [0.15, 0.2) is 18.2 Å². The SMILES string of the molecule is CC(=O)N1CCC(C(=O)N2CC(Cc3c(F)cccc3F)C2)CC1. The molecule has 0 unspecified atom stereocenters. The van der Waals surface area contributed by atoms with Gasteiger partial charge in [0.05, 0.1) is 0 Å². The van der Waals surface area contributed by atoms with E-state index in [1.807, 2.05) is 0 Å². The summed E-state index contributed by atoms with van der Waals surface area (Å²) in [5.74, 6) is -0.794. The Balaban J connectivity index is 1.48. The Morgan fingerprint density at radius 2 is 1.67 bits per heavy atom. The number of benzene rings is 1. The van der Waals surface area contributed by atoms with E-state index in [2.05, 4.69) is 0 Å². The number of hydrogen-bond acceptors (Lipinski definition) is 2. The summed E-state index contributed by atoms with van der Waals surface area (Å²) in [4.78, 5) is 27.3. The second kappa shape index (κ2) is 6.87. The van der Waals surface area contributed by atoms with Gasteiger partial charge in [0, 0.05) is 44.6 Å². The van der Waals surface area contributed by atoms with Gasteiger partial charge in [-0.25, -0.2) is 8.78 Å². The number of likely N-dealkylation sites (tertiary alicyclic amines) is 2. The Labute approximate surface area is 140 Å². The van der Waals surface area contributed by atoms with Gasteiger partial charge in [0.15, 0.2) is 0 Å². The van der Waals surface area contributed by atoms with Crippen molar-refractivity contribution in [3.05, 3.63) is 35.4 Å². The van der Waals surface area contributed by atoms with Crippen LogP contribution < -0.4 is 0 Å². The molecule has 0 aromatic heterocycles. The molecule has 6 heteroatoms. The van der Waals surface area contributed by atoms with Crippen LogP contribution in [0.5, 0.6) is 0 Å². The first-order chi connectivity index (χ1) is 11.5. The molecule has 0 saturated carbocycles. The Hall–Kier alpha value is -1.98. The summed E-state index contributed by atoms with van der Waals surface area (Å²) in [6.07, 6.45) is 1.72. The monoisotopic (exact) mass is 336 g/mol. The van der Waals surface area contributed by atoms with Crippen molar-refractivity contribution in [3.63, 3.8) is 0 Å². The average Bonchev–Trinajstić information content (AvgIpc) is 2.52. The molecule has 2 aliphatic rings. The summed E-state index contributed by atoms with van der Waals surface area (Å²) in [5.41, 5.74) is 0.115. The fourth-order valence-corrected chi connectivity index (χ4v) is 3.59. The molecule has 0 atom stereocenters. The number of piperidine rings is 1. The zero-order valence-electron chi connectivity index (χ0n) is 13.8. The minimum absolute atomic E-state index is 0.0354. The maximum Gasteiger partial charge on any atom is 0.225 e. The van der Waals surface area contributed by atoms with E-state index in [-0.39, 0.29) is 29.2 Å². The lowest BCUT2D eigenvalue weighted by atomic mass is 9.88. The summed E-state index contributed by atoms with van der Waals surface area (Å²) in [6, 6.07) is 3.89. The first-order valence-electron chi connectivity index (χ1n) is 8.43. The van der Waals surface area contributed by atoms with E-state index in [0.717, 1.165) is 0 Å². The standard InChI is InChI=1S/C18H22F2N2O2/c1-12(23)21-7-5-14(6-8-21)18(24)22-10-13(11-22)9-15-16(19)3-2-4-17(15)20/h2-4,13-14H,5-11H2,1H3. The highest BCUT2D eigenvalue weighted by molar-refractivity contribution is 5.80. The van der Waals surface area contributed by atoms with Gasteiger partial charge in [-0.1, -0.05) is 6.07 Å². The third kappa shape index (κ3) is 3.42. The van der Waals surface area contributed by atoms with Gasteiger partial charge in [0.25, 0.3) is 0 Å². The van der Waals surface area contributed by atoms with E-state index in [1.165, 1.54) is 18.2 Å². The minimum Gasteiger partial charge on any atom is -0.343 e. The van der Waals surface area contributed by atoms with Crippen LogP contribution in [-0.4, -0.2) is 47.8 Å². The van der Waals surface area contributed by atoms with Crippen LogP contribution in [0.4, 0.5) is 8.78 Å². The molecule has 0 radical (unpaired) electrons. The molecule has 2 amide bonds. The van der Waals surface area contributed by atoms with Crippen LogP contribution in [0.3, 0.4) is 0 Å². The average molecular weight is 336 g/mol. The number of carbonyl (C=O) groups is 2. The third-order valence-corrected chi connectivity index (χ3v) is 5.11. The third-order valence-electron chi connectivity index (χ3n) is 5.11. The molecule has 24 heavy (non-hydrogen) atoms. The van der Waals surface area contributed by atoms with Crippen LogP contribution in [-0.2, 0) is 16.0 Å². The number of carbonyl (C=O) groups excluding carboxylic acids is 2. The predicted molar refractivity (Wildman–Crippen MR) is 85.1 cm³/mol. The van der Waals surface area contributed by atoms with Crippen molar-refractivity contribution in [2.45, 2.75) is 26.2 Å². The van der Waals surface area contributed by atoms with Gasteiger partial charge >= 0.3 is 0 Å². The van der Waals surface area contributed by atoms with Crippen LogP contribution >= 0.6 is 0 Å². The predicted octanol–water partition coefficient (Wildman–Crippen LogP) is 2.22. The van der Waals surface area contributed by atoms with Crippen molar-refractivity contribution < 1.29 is 18.4 Å². The highest BCUT2D eigenvalue weighted by Crippen LogP contribution is 2.27. The van der Waals surface area contributed by atoms with E-state index >= 15 is 0 Å². The number of hydrogen-bond donors (Lipinski definition) is 0. The molecule has 2 heterocycles. The number of nitrogens with zero attached hydrogens (tertiary/aromatic N) is 2. The molecule has 2 aliphatic heterocycles. The molecule has 130 valence electrons. The van der Waals surface area contributed by atoms with E-state index in [0.29, 0.717) is 45.4 Å². The molecule has 2 fully saturated rings. The molecule has 0 bridgehead atoms. The van der Waals surface area contributed by atoms with Gasteiger partial charge in [0.2, 0.25) is 11.8 Å². The lowest BCUT2D eigenvalue weighted by molar-refractivity contribution is -0.145. The van der Waals surface area contributed by atoms with Crippen molar-refractivity contribution in [2.24, 2.45) is 11.8 Å². The summed E-state index contributed by atoms with van der Waals surface area (Å²) >= 11 is 0. The van der Waals surface area contributed by atoms with Gasteiger partial charge in [0.1, 0.15) is 11.6 Å². The van der Waals surface area contributed by atoms with Crippen molar-refractivity contribution in [2.75, 3.05) is 26.2 Å². The van der Waals surface area contributed by atoms with Crippen molar-refractivity contribution in [1.82, 2.24) is 9.80 Å². The molecule has 1 aromatic carbocycles. The van der Waals surface area contributed by atoms with Gasteiger partial charge in [-0.05, 0) is 37.3 Å². The lowest BCUT2D eigenvalue weighted by Crippen LogP contribution is -2.54. The largest absolute Gasteiger partial charge is 0.343 e. The van der Waals surface area contributed by atoms with Crippen LogP contribution in [0, 0.1) is 23.5 Å². The van der Waals surface area contributed by atoms with Gasteiger partial charge < -0.3 is 9.80 Å². The van der Waals surface area contributed by atoms with Crippen molar-refractivity contribution in [3.8, 4) is 0 Å². The fraction of sp³-hybridized carbons (Fsp3) is 0.556. The lowest BCUT2D eigenvalue weighted by Gasteiger charge is -2.42. The van der Waals surface area contributed by atoms with Crippen LogP contribution in [0.25, 0.3) is 0 Å². The quantitative estimate of drug-likeness (QED) is 0.849. The van der Waals surface area contributed by atoms with Crippen molar-refractivity contribution in [1.29, 1.82) is 0 Å². The summed E-state index contributed by atoms with van der Waals surface area (Å²) in [5, 5.41) is 0. The Morgan fingerprint density at radius 3 is 2.21 bits per heavy atom. The Bertz CT molecular complexity index is 616. The highest BCUT2D eigenvalue weighted by atomic mass is 19.1. The Morgan fingerprint density at radius 1 is 1.08 bits per heavy atom. The highest BCUT2D eigenvalue weighted by Gasteiger charge is 2.36. The second-order valence-corrected chi connectivity index (χ2v) is 6.79. The molecule has 4 nitrogen and oxygen atoms in total. The van der Waals surface area contributed by atoms with Gasteiger partial charge in [-0.2, -0.15) is 0 Å². The van der Waals surface area contributed by atoms with Gasteiger partial charge in [-0.3, -0.25) is 9.59 Å². The smallest absolute Gasteiger partial charge is 0.225 e. The van der Waals surface area contributed by atoms with E-state index in [1.54, 1.807) is 16.7 Å². The molecule has 0 aliphatic carbocycles. The van der Waals surface area contributed by atoms with Crippen LogP contribution in [0.1, 0.15) is 25.3 Å². The molecule has 2 saturated heterocycles. The summed E-state index contributed by atoms with van der Waals surface area (Å²) in [6.45, 7) is 3.91. The Kier molecular flexibility index (Phi) is 4.83. The minimum atomic E-state index is -0.517. The number of amides is 2. The van der Waals surface area contributed by atoms with E-state index in [4.69, 9.17) is 0 Å². The second-order valence-electron chi connectivity index (χ2n) is 6.79. The topological polar surface area (TPSA) is 40.6 Å².